The highest BCUT2D eigenvalue weighted by atomic mass is 16.5. The quantitative estimate of drug-likeness (QED) is 0.390. The number of morpholine rings is 1. The van der Waals surface area contributed by atoms with Gasteiger partial charge in [0.05, 0.1) is 30.2 Å². The molecule has 192 valence electrons. The fourth-order valence-electron chi connectivity index (χ4n) is 4.36. The number of pyridine rings is 1. The molecule has 1 unspecified atom stereocenters. The Balaban J connectivity index is 1.48. The molecule has 2 aromatic heterocycles. The zero-order chi connectivity index (χ0) is 26.5. The summed E-state index contributed by atoms with van der Waals surface area (Å²) in [6.45, 7) is 5.42. The van der Waals surface area contributed by atoms with Crippen LogP contribution in [0.25, 0.3) is 16.7 Å². The Bertz CT molecular complexity index is 1540. The smallest absolute Gasteiger partial charge is 0.256 e. The van der Waals surface area contributed by atoms with Crippen LogP contribution in [0.4, 0.5) is 11.6 Å². The molecule has 10 nitrogen and oxygen atoms in total. The van der Waals surface area contributed by atoms with Gasteiger partial charge in [-0.2, -0.15) is 10.2 Å². The van der Waals surface area contributed by atoms with Crippen molar-refractivity contribution in [1.82, 2.24) is 24.8 Å². The lowest BCUT2D eigenvalue weighted by molar-refractivity contribution is 0.0204. The first kappa shape index (κ1) is 25.1. The van der Waals surface area contributed by atoms with Crippen LogP contribution >= 0.6 is 0 Å². The Hall–Kier alpha value is -4.59. The average Bonchev–Trinajstić information content (AvgIpc) is 2.97. The van der Waals surface area contributed by atoms with E-state index < -0.39 is 11.3 Å². The Labute approximate surface area is 219 Å². The van der Waals surface area contributed by atoms with E-state index in [1.54, 1.807) is 28.8 Å². The molecular formula is C28H27N7O3. The van der Waals surface area contributed by atoms with E-state index in [0.717, 1.165) is 18.8 Å². The first-order valence-corrected chi connectivity index (χ1v) is 12.4. The van der Waals surface area contributed by atoms with Crippen molar-refractivity contribution in [1.29, 1.82) is 5.26 Å². The summed E-state index contributed by atoms with van der Waals surface area (Å²) in [5.74, 6) is -0.163. The lowest BCUT2D eigenvalue weighted by atomic mass is 10.1. The molecule has 2 aromatic carbocycles. The van der Waals surface area contributed by atoms with Gasteiger partial charge >= 0.3 is 0 Å². The fraction of sp³-hybridized carbons (Fsp3) is 0.250. The highest BCUT2D eigenvalue weighted by Crippen LogP contribution is 2.19. The van der Waals surface area contributed by atoms with E-state index in [4.69, 9.17) is 10.00 Å². The third-order valence-corrected chi connectivity index (χ3v) is 6.52. The summed E-state index contributed by atoms with van der Waals surface area (Å²) in [5.41, 5.74) is 1.93. The number of hydrogen-bond acceptors (Lipinski definition) is 8. The van der Waals surface area contributed by atoms with E-state index in [2.05, 4.69) is 31.6 Å². The number of ether oxygens (including phenoxy) is 1. The lowest BCUT2D eigenvalue weighted by Gasteiger charge is -2.32. The molecule has 0 saturated carbocycles. The zero-order valence-electron chi connectivity index (χ0n) is 20.9. The van der Waals surface area contributed by atoms with Gasteiger partial charge in [-0.25, -0.2) is 4.98 Å². The van der Waals surface area contributed by atoms with Gasteiger partial charge in [-0.1, -0.05) is 18.2 Å². The van der Waals surface area contributed by atoms with Crippen LogP contribution < -0.4 is 16.1 Å². The van der Waals surface area contributed by atoms with Crippen molar-refractivity contribution in [2.24, 2.45) is 0 Å². The van der Waals surface area contributed by atoms with Gasteiger partial charge in [0.2, 0.25) is 11.4 Å². The summed E-state index contributed by atoms with van der Waals surface area (Å²) in [6.07, 6.45) is 2.97. The fourth-order valence-corrected chi connectivity index (χ4v) is 4.36. The molecule has 0 bridgehead atoms. The average molecular weight is 510 g/mol. The van der Waals surface area contributed by atoms with Gasteiger partial charge in [-0.05, 0) is 43.3 Å². The summed E-state index contributed by atoms with van der Waals surface area (Å²) in [6, 6.07) is 18.5. The summed E-state index contributed by atoms with van der Waals surface area (Å²) in [5, 5.41) is 15.3. The van der Waals surface area contributed by atoms with Crippen LogP contribution in [0, 0.1) is 11.3 Å². The number of rotatable bonds is 7. The highest BCUT2D eigenvalue weighted by Gasteiger charge is 2.21. The van der Waals surface area contributed by atoms with Crippen molar-refractivity contribution in [3.63, 3.8) is 0 Å². The number of carbonyl (C=O) groups is 1. The standard InChI is InChI=1S/C28H27N7O3/c1-19(34-11-13-38-14-12-34)16-30-27(37)24-18-35(22-5-3-2-4-6-22)26-23(25(24)36)17-31-28(33-26)32-21-9-7-20(15-29)8-10-21/h2-10,17-19H,11-14,16H2,1H3,(H,30,37)(H,31,32,33). The van der Waals surface area contributed by atoms with Gasteiger partial charge in [-0.15, -0.1) is 0 Å². The van der Waals surface area contributed by atoms with Crippen LogP contribution in [-0.2, 0) is 4.74 Å². The minimum atomic E-state index is -0.443. The number of carbonyl (C=O) groups excluding carboxylic acids is 1. The maximum atomic E-state index is 13.4. The second-order valence-corrected chi connectivity index (χ2v) is 9.03. The molecule has 1 fully saturated rings. The van der Waals surface area contributed by atoms with Gasteiger partial charge in [-0.3, -0.25) is 14.5 Å². The van der Waals surface area contributed by atoms with Crippen molar-refractivity contribution in [2.45, 2.75) is 13.0 Å². The predicted molar refractivity (Wildman–Crippen MR) is 144 cm³/mol. The molecule has 3 heterocycles. The van der Waals surface area contributed by atoms with Crippen molar-refractivity contribution < 1.29 is 9.53 Å². The summed E-state index contributed by atoms with van der Waals surface area (Å²) in [7, 11) is 0. The number of anilines is 2. The number of hydrogen-bond donors (Lipinski definition) is 2. The molecule has 1 aliphatic heterocycles. The first-order valence-electron chi connectivity index (χ1n) is 12.4. The number of nitriles is 1. The van der Waals surface area contributed by atoms with E-state index in [0.29, 0.717) is 36.7 Å². The number of fused-ring (bicyclic) bond motifs is 1. The topological polar surface area (TPSA) is 125 Å². The minimum absolute atomic E-state index is 0.0203. The Morgan fingerprint density at radius 2 is 1.87 bits per heavy atom. The molecule has 0 aliphatic carbocycles. The molecule has 0 radical (unpaired) electrons. The van der Waals surface area contributed by atoms with Crippen LogP contribution in [-0.4, -0.2) is 64.2 Å². The van der Waals surface area contributed by atoms with Crippen molar-refractivity contribution >= 4 is 28.6 Å². The molecule has 4 aromatic rings. The molecule has 0 spiro atoms. The van der Waals surface area contributed by atoms with Crippen LogP contribution in [0.15, 0.2) is 71.8 Å². The third kappa shape index (κ3) is 5.39. The molecule has 2 N–H and O–H groups in total. The summed E-state index contributed by atoms with van der Waals surface area (Å²) < 4.78 is 7.13. The van der Waals surface area contributed by atoms with Crippen LogP contribution in [0.1, 0.15) is 22.8 Å². The molecule has 1 aliphatic rings. The van der Waals surface area contributed by atoms with Crippen molar-refractivity contribution in [2.75, 3.05) is 38.2 Å². The van der Waals surface area contributed by atoms with E-state index in [1.165, 1.54) is 12.4 Å². The number of amides is 1. The molecule has 1 saturated heterocycles. The number of para-hydroxylation sites is 1. The van der Waals surface area contributed by atoms with Crippen LogP contribution in [0.3, 0.4) is 0 Å². The van der Waals surface area contributed by atoms with Gasteiger partial charge in [0, 0.05) is 49.4 Å². The van der Waals surface area contributed by atoms with Crippen LogP contribution in [0.5, 0.6) is 0 Å². The summed E-state index contributed by atoms with van der Waals surface area (Å²) >= 11 is 0. The summed E-state index contributed by atoms with van der Waals surface area (Å²) in [4.78, 5) is 37.8. The van der Waals surface area contributed by atoms with E-state index in [1.807, 2.05) is 37.3 Å². The van der Waals surface area contributed by atoms with E-state index >= 15 is 0 Å². The lowest BCUT2D eigenvalue weighted by Crippen LogP contribution is -2.47. The van der Waals surface area contributed by atoms with Gasteiger partial charge < -0.3 is 19.9 Å². The predicted octanol–water partition coefficient (Wildman–Crippen LogP) is 2.85. The van der Waals surface area contributed by atoms with Gasteiger partial charge in [0.15, 0.2) is 5.65 Å². The van der Waals surface area contributed by atoms with Gasteiger partial charge in [0.25, 0.3) is 5.91 Å². The molecule has 5 rings (SSSR count). The number of nitrogens with zero attached hydrogens (tertiary/aromatic N) is 5. The largest absolute Gasteiger partial charge is 0.379 e. The van der Waals surface area contributed by atoms with Crippen LogP contribution in [0.2, 0.25) is 0 Å². The SMILES string of the molecule is CC(CNC(=O)c1cn(-c2ccccc2)c2nc(Nc3ccc(C#N)cc3)ncc2c1=O)N1CCOCC1. The normalized spacial score (nSPS) is 14.5. The number of nitrogens with one attached hydrogen (secondary N) is 2. The second-order valence-electron chi connectivity index (χ2n) is 9.03. The van der Waals surface area contributed by atoms with Gasteiger partial charge in [0.1, 0.15) is 5.56 Å². The molecule has 1 atom stereocenters. The first-order chi connectivity index (χ1) is 18.5. The molecule has 10 heteroatoms. The Morgan fingerprint density at radius 1 is 1.13 bits per heavy atom. The Kier molecular flexibility index (Phi) is 7.40. The molecule has 38 heavy (non-hydrogen) atoms. The zero-order valence-corrected chi connectivity index (χ0v) is 20.9. The monoisotopic (exact) mass is 509 g/mol. The maximum Gasteiger partial charge on any atom is 0.256 e. The molecular weight excluding hydrogens is 482 g/mol. The second kappa shape index (κ2) is 11.2. The van der Waals surface area contributed by atoms with E-state index in [-0.39, 0.29) is 22.9 Å². The number of benzene rings is 2. The number of aromatic nitrogens is 3. The molecule has 1 amide bonds. The van der Waals surface area contributed by atoms with E-state index in [9.17, 15) is 9.59 Å². The maximum absolute atomic E-state index is 13.4. The third-order valence-electron chi connectivity index (χ3n) is 6.52. The Morgan fingerprint density at radius 3 is 2.58 bits per heavy atom. The van der Waals surface area contributed by atoms with Crippen molar-refractivity contribution in [3.05, 3.63) is 88.3 Å². The minimum Gasteiger partial charge on any atom is -0.379 e. The highest BCUT2D eigenvalue weighted by molar-refractivity contribution is 5.97. The van der Waals surface area contributed by atoms with Crippen molar-refractivity contribution in [3.8, 4) is 11.8 Å².